The Hall–Kier alpha value is -2.47. The van der Waals surface area contributed by atoms with E-state index in [1.807, 2.05) is 0 Å². The molecule has 24 heavy (non-hydrogen) atoms. The van der Waals surface area contributed by atoms with Gasteiger partial charge in [0, 0.05) is 6.54 Å². The average Bonchev–Trinajstić information content (AvgIpc) is 3.26. The molecule has 7 heteroatoms. The third kappa shape index (κ3) is 3.71. The van der Waals surface area contributed by atoms with Crippen molar-refractivity contribution in [1.82, 2.24) is 10.2 Å². The van der Waals surface area contributed by atoms with Gasteiger partial charge in [-0.1, -0.05) is 23.7 Å². The number of hydrogen-bond acceptors (Lipinski definition) is 3. The highest BCUT2D eigenvalue weighted by molar-refractivity contribution is 6.33. The summed E-state index contributed by atoms with van der Waals surface area (Å²) < 4.78 is 5.19. The fourth-order valence-corrected chi connectivity index (χ4v) is 2.92. The molecule has 0 unspecified atom stereocenters. The Bertz CT molecular complexity index is 718. The van der Waals surface area contributed by atoms with Crippen LogP contribution in [0, 0.1) is 0 Å². The van der Waals surface area contributed by atoms with Crippen molar-refractivity contribution in [1.29, 1.82) is 0 Å². The zero-order chi connectivity index (χ0) is 16.9. The molecule has 1 atom stereocenters. The highest BCUT2D eigenvalue weighted by atomic mass is 35.5. The highest BCUT2D eigenvalue weighted by Crippen LogP contribution is 2.23. The smallest absolute Gasteiger partial charge is 0.322 e. The maximum Gasteiger partial charge on any atom is 0.322 e. The molecule has 1 aromatic heterocycles. The number of urea groups is 1. The van der Waals surface area contributed by atoms with Crippen LogP contribution < -0.4 is 10.6 Å². The van der Waals surface area contributed by atoms with Crippen LogP contribution in [0.3, 0.4) is 0 Å². The second-order valence-electron chi connectivity index (χ2n) is 5.56. The van der Waals surface area contributed by atoms with E-state index in [2.05, 4.69) is 10.6 Å². The van der Waals surface area contributed by atoms with Crippen LogP contribution in [0.1, 0.15) is 18.6 Å². The fourth-order valence-electron chi connectivity index (χ4n) is 2.74. The number of carbonyl (C=O) groups excluding carboxylic acids is 2. The molecular weight excluding hydrogens is 330 g/mol. The summed E-state index contributed by atoms with van der Waals surface area (Å²) in [5.74, 6) is 0.492. The van der Waals surface area contributed by atoms with Gasteiger partial charge >= 0.3 is 6.03 Å². The van der Waals surface area contributed by atoms with Crippen LogP contribution in [0.5, 0.6) is 0 Å². The van der Waals surface area contributed by atoms with E-state index in [1.165, 1.54) is 0 Å². The van der Waals surface area contributed by atoms with Gasteiger partial charge in [0.05, 0.1) is 23.5 Å². The molecule has 1 fully saturated rings. The Morgan fingerprint density at radius 1 is 1.25 bits per heavy atom. The SMILES string of the molecule is O=C(NCc1ccco1)[C@H]1CCCN1C(=O)Nc1ccccc1Cl. The summed E-state index contributed by atoms with van der Waals surface area (Å²) in [5, 5.41) is 6.03. The minimum Gasteiger partial charge on any atom is -0.467 e. The molecular formula is C17H18ClN3O3. The first-order valence-corrected chi connectivity index (χ1v) is 8.15. The number of amides is 3. The maximum atomic E-state index is 12.5. The molecule has 1 aromatic carbocycles. The minimum absolute atomic E-state index is 0.182. The van der Waals surface area contributed by atoms with Crippen LogP contribution in [0.4, 0.5) is 10.5 Å². The topological polar surface area (TPSA) is 74.6 Å². The molecule has 1 aliphatic rings. The van der Waals surface area contributed by atoms with Crippen LogP contribution in [0.15, 0.2) is 47.1 Å². The Morgan fingerprint density at radius 3 is 2.83 bits per heavy atom. The molecule has 0 radical (unpaired) electrons. The summed E-state index contributed by atoms with van der Waals surface area (Å²) >= 11 is 6.06. The van der Waals surface area contributed by atoms with Gasteiger partial charge in [-0.2, -0.15) is 0 Å². The molecule has 0 bridgehead atoms. The molecule has 2 N–H and O–H groups in total. The number of carbonyl (C=O) groups is 2. The van der Waals surface area contributed by atoms with Gasteiger partial charge in [0.2, 0.25) is 5.91 Å². The molecule has 6 nitrogen and oxygen atoms in total. The number of anilines is 1. The molecule has 2 aromatic rings. The van der Waals surface area contributed by atoms with E-state index in [4.69, 9.17) is 16.0 Å². The third-order valence-corrected chi connectivity index (χ3v) is 4.28. The Labute approximate surface area is 144 Å². The molecule has 1 saturated heterocycles. The molecule has 0 spiro atoms. The highest BCUT2D eigenvalue weighted by Gasteiger charge is 2.34. The van der Waals surface area contributed by atoms with Crippen molar-refractivity contribution >= 4 is 29.2 Å². The van der Waals surface area contributed by atoms with E-state index in [-0.39, 0.29) is 11.9 Å². The summed E-state index contributed by atoms with van der Waals surface area (Å²) in [6.45, 7) is 0.845. The number of halogens is 1. The summed E-state index contributed by atoms with van der Waals surface area (Å²) in [4.78, 5) is 26.4. The first-order valence-electron chi connectivity index (χ1n) is 7.77. The average molecular weight is 348 g/mol. The van der Waals surface area contributed by atoms with E-state index in [0.29, 0.717) is 36.0 Å². The largest absolute Gasteiger partial charge is 0.467 e. The summed E-state index contributed by atoms with van der Waals surface area (Å²) in [6, 6.07) is 9.76. The van der Waals surface area contributed by atoms with E-state index < -0.39 is 6.04 Å². The lowest BCUT2D eigenvalue weighted by atomic mass is 10.2. The van der Waals surface area contributed by atoms with E-state index in [0.717, 1.165) is 6.42 Å². The second kappa shape index (κ2) is 7.40. The number of likely N-dealkylation sites (tertiary alicyclic amines) is 1. The first kappa shape index (κ1) is 16.4. The standard InChI is InChI=1S/C17H18ClN3O3/c18-13-6-1-2-7-14(13)20-17(23)21-9-3-8-15(21)16(22)19-11-12-5-4-10-24-12/h1-2,4-7,10,15H,3,8-9,11H2,(H,19,22)(H,20,23)/t15-/m1/s1. The fraction of sp³-hybridized carbons (Fsp3) is 0.294. The van der Waals surface area contributed by atoms with Crippen LogP contribution in [-0.4, -0.2) is 29.4 Å². The zero-order valence-corrected chi connectivity index (χ0v) is 13.8. The van der Waals surface area contributed by atoms with Gasteiger partial charge in [0.15, 0.2) is 0 Å². The number of hydrogen-bond donors (Lipinski definition) is 2. The predicted molar refractivity (Wildman–Crippen MR) is 90.8 cm³/mol. The van der Waals surface area contributed by atoms with Gasteiger partial charge in [0.1, 0.15) is 11.8 Å². The van der Waals surface area contributed by atoms with Crippen LogP contribution in [-0.2, 0) is 11.3 Å². The monoisotopic (exact) mass is 347 g/mol. The van der Waals surface area contributed by atoms with E-state index >= 15 is 0 Å². The van der Waals surface area contributed by atoms with Crippen molar-refractivity contribution in [3.8, 4) is 0 Å². The van der Waals surface area contributed by atoms with Crippen LogP contribution in [0.25, 0.3) is 0 Å². The van der Waals surface area contributed by atoms with E-state index in [1.54, 1.807) is 47.6 Å². The summed E-state index contributed by atoms with van der Waals surface area (Å²) in [5.41, 5.74) is 0.533. The lowest BCUT2D eigenvalue weighted by Gasteiger charge is -2.24. The predicted octanol–water partition coefficient (Wildman–Crippen LogP) is 3.25. The van der Waals surface area contributed by atoms with Crippen molar-refractivity contribution in [2.75, 3.05) is 11.9 Å². The van der Waals surface area contributed by atoms with Gasteiger partial charge < -0.3 is 20.0 Å². The summed E-state index contributed by atoms with van der Waals surface area (Å²) in [6.07, 6.45) is 2.98. The maximum absolute atomic E-state index is 12.5. The van der Waals surface area contributed by atoms with Crippen molar-refractivity contribution in [3.63, 3.8) is 0 Å². The Balaban J connectivity index is 1.61. The normalized spacial score (nSPS) is 16.9. The van der Waals surface area contributed by atoms with Crippen LogP contribution in [0.2, 0.25) is 5.02 Å². The Kier molecular flexibility index (Phi) is 5.05. The molecule has 0 saturated carbocycles. The van der Waals surface area contributed by atoms with Gasteiger partial charge in [-0.3, -0.25) is 4.79 Å². The van der Waals surface area contributed by atoms with Crippen molar-refractivity contribution in [3.05, 3.63) is 53.4 Å². The number of nitrogens with zero attached hydrogens (tertiary/aromatic N) is 1. The molecule has 126 valence electrons. The first-order chi connectivity index (χ1) is 11.6. The quantitative estimate of drug-likeness (QED) is 0.891. The van der Waals surface area contributed by atoms with Gasteiger partial charge in [-0.25, -0.2) is 4.79 Å². The molecule has 3 rings (SSSR count). The number of furan rings is 1. The van der Waals surface area contributed by atoms with E-state index in [9.17, 15) is 9.59 Å². The zero-order valence-electron chi connectivity index (χ0n) is 13.0. The van der Waals surface area contributed by atoms with Gasteiger partial charge in [-0.15, -0.1) is 0 Å². The summed E-state index contributed by atoms with van der Waals surface area (Å²) in [7, 11) is 0. The van der Waals surface area contributed by atoms with Gasteiger partial charge in [0.25, 0.3) is 0 Å². The van der Waals surface area contributed by atoms with Crippen molar-refractivity contribution in [2.24, 2.45) is 0 Å². The number of rotatable bonds is 4. The third-order valence-electron chi connectivity index (χ3n) is 3.95. The van der Waals surface area contributed by atoms with Crippen molar-refractivity contribution in [2.45, 2.75) is 25.4 Å². The molecule has 2 heterocycles. The number of benzene rings is 1. The minimum atomic E-state index is -0.484. The van der Waals surface area contributed by atoms with Crippen molar-refractivity contribution < 1.29 is 14.0 Å². The van der Waals surface area contributed by atoms with Crippen LogP contribution >= 0.6 is 11.6 Å². The second-order valence-corrected chi connectivity index (χ2v) is 5.97. The number of nitrogens with one attached hydrogen (secondary N) is 2. The molecule has 1 aliphatic heterocycles. The number of para-hydroxylation sites is 1. The molecule has 0 aliphatic carbocycles. The lowest BCUT2D eigenvalue weighted by Crippen LogP contribution is -2.47. The van der Waals surface area contributed by atoms with Gasteiger partial charge in [-0.05, 0) is 37.1 Å². The molecule has 3 amide bonds. The lowest BCUT2D eigenvalue weighted by molar-refractivity contribution is -0.124. The Morgan fingerprint density at radius 2 is 2.08 bits per heavy atom.